The molecule has 3 aromatic carbocycles. The molecular formula is C25H19NO7S. The number of methoxy groups -OCH3 is 2. The van der Waals surface area contributed by atoms with Crippen molar-refractivity contribution < 1.29 is 33.4 Å². The van der Waals surface area contributed by atoms with Gasteiger partial charge in [-0.1, -0.05) is 42.5 Å². The van der Waals surface area contributed by atoms with Crippen molar-refractivity contribution in [3.8, 4) is 11.5 Å². The topological polar surface area (TPSA) is 99.2 Å². The van der Waals surface area contributed by atoms with Crippen molar-refractivity contribution in [1.29, 1.82) is 0 Å². The van der Waals surface area contributed by atoms with E-state index in [0.717, 1.165) is 15.7 Å². The van der Waals surface area contributed by atoms with Gasteiger partial charge in [0.1, 0.15) is 6.54 Å². The van der Waals surface area contributed by atoms with Crippen LogP contribution in [0.4, 0.5) is 4.79 Å². The van der Waals surface area contributed by atoms with Gasteiger partial charge < -0.3 is 14.2 Å². The van der Waals surface area contributed by atoms with Crippen molar-refractivity contribution in [1.82, 2.24) is 4.90 Å². The van der Waals surface area contributed by atoms with E-state index in [2.05, 4.69) is 4.74 Å². The van der Waals surface area contributed by atoms with E-state index in [1.807, 2.05) is 30.3 Å². The van der Waals surface area contributed by atoms with E-state index in [0.29, 0.717) is 28.6 Å². The molecule has 0 aliphatic carbocycles. The summed E-state index contributed by atoms with van der Waals surface area (Å²) < 4.78 is 15.5. The van der Waals surface area contributed by atoms with Crippen molar-refractivity contribution in [2.45, 2.75) is 0 Å². The molecule has 8 nitrogen and oxygen atoms in total. The highest BCUT2D eigenvalue weighted by Crippen LogP contribution is 2.35. The van der Waals surface area contributed by atoms with Gasteiger partial charge in [0.25, 0.3) is 11.1 Å². The average Bonchev–Trinajstić information content (AvgIpc) is 3.10. The molecule has 34 heavy (non-hydrogen) atoms. The summed E-state index contributed by atoms with van der Waals surface area (Å²) in [6.07, 6.45) is 1.48. The Morgan fingerprint density at radius 2 is 1.74 bits per heavy atom. The normalized spacial score (nSPS) is 14.5. The Morgan fingerprint density at radius 3 is 2.50 bits per heavy atom. The summed E-state index contributed by atoms with van der Waals surface area (Å²) >= 11 is 0.709. The number of carbonyl (C=O) groups is 4. The Labute approximate surface area is 199 Å². The Balaban J connectivity index is 1.61. The number of benzene rings is 3. The van der Waals surface area contributed by atoms with Crippen molar-refractivity contribution in [3.63, 3.8) is 0 Å². The number of nitrogens with zero attached hydrogens (tertiary/aromatic N) is 1. The molecule has 3 aromatic rings. The molecule has 1 aliphatic heterocycles. The Morgan fingerprint density at radius 1 is 0.971 bits per heavy atom. The lowest BCUT2D eigenvalue weighted by atomic mass is 10.0. The highest BCUT2D eigenvalue weighted by Gasteiger charge is 2.36. The molecular weight excluding hydrogens is 458 g/mol. The van der Waals surface area contributed by atoms with Crippen LogP contribution in [0, 0.1) is 0 Å². The summed E-state index contributed by atoms with van der Waals surface area (Å²) in [5.41, 5.74) is 0.902. The molecule has 9 heteroatoms. The third-order valence-corrected chi connectivity index (χ3v) is 5.99. The van der Waals surface area contributed by atoms with Gasteiger partial charge in [-0.25, -0.2) is 4.79 Å². The van der Waals surface area contributed by atoms with Crippen LogP contribution in [-0.4, -0.2) is 48.7 Å². The van der Waals surface area contributed by atoms with Gasteiger partial charge in [-0.2, -0.15) is 0 Å². The van der Waals surface area contributed by atoms with Crippen molar-refractivity contribution in [2.24, 2.45) is 0 Å². The Bertz CT molecular complexity index is 1340. The third kappa shape index (κ3) is 4.65. The van der Waals surface area contributed by atoms with Gasteiger partial charge in [-0.3, -0.25) is 19.3 Å². The van der Waals surface area contributed by atoms with Gasteiger partial charge in [0.05, 0.1) is 24.7 Å². The quantitative estimate of drug-likeness (QED) is 0.295. The van der Waals surface area contributed by atoms with Crippen LogP contribution in [0.1, 0.15) is 15.9 Å². The van der Waals surface area contributed by atoms with Crippen LogP contribution in [0.25, 0.3) is 16.8 Å². The number of rotatable bonds is 6. The molecule has 0 radical (unpaired) electrons. The van der Waals surface area contributed by atoms with Crippen molar-refractivity contribution in [2.75, 3.05) is 20.8 Å². The summed E-state index contributed by atoms with van der Waals surface area (Å²) in [6.45, 7) is -0.463. The van der Waals surface area contributed by atoms with Gasteiger partial charge in [0, 0.05) is 0 Å². The zero-order valence-electron chi connectivity index (χ0n) is 18.3. The van der Waals surface area contributed by atoms with E-state index in [4.69, 9.17) is 9.47 Å². The van der Waals surface area contributed by atoms with Gasteiger partial charge in [0.15, 0.2) is 11.5 Å². The third-order valence-electron chi connectivity index (χ3n) is 5.09. The first kappa shape index (κ1) is 23.1. The summed E-state index contributed by atoms with van der Waals surface area (Å²) in [5, 5.41) is 1.09. The van der Waals surface area contributed by atoms with Crippen molar-refractivity contribution >= 4 is 51.7 Å². The maximum absolute atomic E-state index is 13.0. The monoisotopic (exact) mass is 477 g/mol. The van der Waals surface area contributed by atoms with E-state index >= 15 is 0 Å². The Hall–Kier alpha value is -4.11. The van der Waals surface area contributed by atoms with Crippen LogP contribution in [0.3, 0.4) is 0 Å². The van der Waals surface area contributed by atoms with Gasteiger partial charge in [-0.15, -0.1) is 0 Å². The molecule has 0 spiro atoms. The van der Waals surface area contributed by atoms with Crippen LogP contribution >= 0.6 is 11.8 Å². The Kier molecular flexibility index (Phi) is 6.65. The molecule has 172 valence electrons. The summed E-state index contributed by atoms with van der Waals surface area (Å²) in [5.74, 6) is -1.39. The minimum Gasteiger partial charge on any atom is -0.493 e. The lowest BCUT2D eigenvalue weighted by Gasteiger charge is -2.12. The number of hydrogen-bond acceptors (Lipinski definition) is 8. The molecule has 0 atom stereocenters. The van der Waals surface area contributed by atoms with E-state index in [9.17, 15) is 19.2 Å². The number of fused-ring (bicyclic) bond motifs is 1. The molecule has 0 bridgehead atoms. The molecule has 4 rings (SSSR count). The number of imide groups is 1. The molecule has 0 unspecified atom stereocenters. The summed E-state index contributed by atoms with van der Waals surface area (Å²) in [7, 11) is 2.62. The zero-order valence-corrected chi connectivity index (χ0v) is 19.1. The molecule has 0 aromatic heterocycles. The summed E-state index contributed by atoms with van der Waals surface area (Å²) in [6, 6.07) is 17.6. The number of ether oxygens (including phenoxy) is 3. The first-order chi connectivity index (χ1) is 16.4. The molecule has 0 saturated carbocycles. The van der Waals surface area contributed by atoms with Gasteiger partial charge in [-0.05, 0) is 52.4 Å². The van der Waals surface area contributed by atoms with E-state index in [-0.39, 0.29) is 10.7 Å². The fourth-order valence-electron chi connectivity index (χ4n) is 3.40. The largest absolute Gasteiger partial charge is 0.493 e. The summed E-state index contributed by atoms with van der Waals surface area (Å²) in [4.78, 5) is 50.1. The second kappa shape index (κ2) is 9.80. The van der Waals surface area contributed by atoms with Crippen molar-refractivity contribution in [3.05, 3.63) is 76.7 Å². The SMILES string of the molecule is COC(=O)CN1C(=O)S/C(=C\c2ccc(OC)c(OC(=O)c3cccc4ccccc34)c2)C1=O. The highest BCUT2D eigenvalue weighted by molar-refractivity contribution is 8.18. The second-order valence-electron chi connectivity index (χ2n) is 7.17. The number of thioether (sulfide) groups is 1. The first-order valence-corrected chi connectivity index (χ1v) is 10.9. The smallest absolute Gasteiger partial charge is 0.344 e. The fourth-order valence-corrected chi connectivity index (χ4v) is 4.24. The molecule has 2 amide bonds. The van der Waals surface area contributed by atoms with Gasteiger partial charge >= 0.3 is 11.9 Å². The van der Waals surface area contributed by atoms with Crippen LogP contribution in [0.5, 0.6) is 11.5 Å². The predicted octanol–water partition coefficient (Wildman–Crippen LogP) is 4.28. The van der Waals surface area contributed by atoms with E-state index in [1.165, 1.54) is 26.4 Å². The van der Waals surface area contributed by atoms with Crippen LogP contribution < -0.4 is 9.47 Å². The van der Waals surface area contributed by atoms with Crippen LogP contribution in [0.2, 0.25) is 0 Å². The minimum atomic E-state index is -0.698. The fraction of sp³-hybridized carbons (Fsp3) is 0.120. The standard InChI is InChI=1S/C25H19NO7S/c1-31-19-11-10-15(13-21-23(28)26(25(30)34-21)14-22(27)32-2)12-20(19)33-24(29)18-9-5-7-16-6-3-4-8-17(16)18/h3-13H,14H2,1-2H3/b21-13-. The highest BCUT2D eigenvalue weighted by atomic mass is 32.2. The van der Waals surface area contributed by atoms with E-state index < -0.39 is 29.6 Å². The number of carbonyl (C=O) groups excluding carboxylic acids is 4. The lowest BCUT2D eigenvalue weighted by Crippen LogP contribution is -2.34. The molecule has 1 aliphatic rings. The maximum atomic E-state index is 13.0. The zero-order chi connectivity index (χ0) is 24.2. The molecule has 1 heterocycles. The van der Waals surface area contributed by atoms with E-state index in [1.54, 1.807) is 24.3 Å². The number of esters is 2. The second-order valence-corrected chi connectivity index (χ2v) is 8.16. The van der Waals surface area contributed by atoms with Crippen LogP contribution in [-0.2, 0) is 14.3 Å². The number of hydrogen-bond donors (Lipinski definition) is 0. The van der Waals surface area contributed by atoms with Gasteiger partial charge in [0.2, 0.25) is 0 Å². The van der Waals surface area contributed by atoms with Crippen LogP contribution in [0.15, 0.2) is 65.6 Å². The predicted molar refractivity (Wildman–Crippen MR) is 127 cm³/mol. The first-order valence-electron chi connectivity index (χ1n) is 10.1. The number of amides is 2. The lowest BCUT2D eigenvalue weighted by molar-refractivity contribution is -0.143. The minimum absolute atomic E-state index is 0.130. The average molecular weight is 477 g/mol. The molecule has 0 N–H and O–H groups in total. The maximum Gasteiger partial charge on any atom is 0.344 e. The molecule has 1 saturated heterocycles. The molecule has 1 fully saturated rings.